The monoisotopic (exact) mass is 254 g/mol. The van der Waals surface area contributed by atoms with Gasteiger partial charge in [-0.05, 0) is 50.2 Å². The molecule has 0 atom stereocenters. The second kappa shape index (κ2) is 8.16. The van der Waals surface area contributed by atoms with E-state index in [4.69, 9.17) is 0 Å². The van der Waals surface area contributed by atoms with E-state index in [0.29, 0.717) is 5.41 Å². The lowest BCUT2D eigenvalue weighted by atomic mass is 9.75. The molecule has 0 bridgehead atoms. The fourth-order valence-corrected chi connectivity index (χ4v) is 2.88. The number of rotatable bonds is 7. The standard InChI is InChI=1S/C16H34N2/c1-5-6-7-10-17-11-14-18-12-8-15(9-13-18)16(2,3)4/h15,17H,5-14H2,1-4H3. The fraction of sp³-hybridized carbons (Fsp3) is 1.00. The summed E-state index contributed by atoms with van der Waals surface area (Å²) in [5, 5.41) is 3.57. The Bertz CT molecular complexity index is 200. The zero-order valence-electron chi connectivity index (χ0n) is 13.1. The maximum atomic E-state index is 3.57. The first-order valence-electron chi connectivity index (χ1n) is 7.97. The summed E-state index contributed by atoms with van der Waals surface area (Å²) in [5.74, 6) is 0.922. The lowest BCUT2D eigenvalue weighted by Gasteiger charge is -2.38. The number of unbranched alkanes of at least 4 members (excludes halogenated alkanes) is 2. The largest absolute Gasteiger partial charge is 0.315 e. The Balaban J connectivity index is 2.02. The van der Waals surface area contributed by atoms with Gasteiger partial charge >= 0.3 is 0 Å². The van der Waals surface area contributed by atoms with Gasteiger partial charge in [-0.2, -0.15) is 0 Å². The van der Waals surface area contributed by atoms with E-state index in [1.807, 2.05) is 0 Å². The summed E-state index contributed by atoms with van der Waals surface area (Å²) in [6, 6.07) is 0. The van der Waals surface area contributed by atoms with Gasteiger partial charge < -0.3 is 10.2 Å². The van der Waals surface area contributed by atoms with Gasteiger partial charge in [-0.1, -0.05) is 40.5 Å². The summed E-state index contributed by atoms with van der Waals surface area (Å²) in [4.78, 5) is 2.63. The van der Waals surface area contributed by atoms with Crippen LogP contribution >= 0.6 is 0 Å². The minimum Gasteiger partial charge on any atom is -0.315 e. The maximum Gasteiger partial charge on any atom is 0.0107 e. The van der Waals surface area contributed by atoms with E-state index >= 15 is 0 Å². The third-order valence-corrected chi connectivity index (χ3v) is 4.37. The molecule has 0 aromatic carbocycles. The van der Waals surface area contributed by atoms with Gasteiger partial charge in [0, 0.05) is 13.1 Å². The van der Waals surface area contributed by atoms with E-state index in [-0.39, 0.29) is 0 Å². The second-order valence-electron chi connectivity index (χ2n) is 6.94. The molecule has 108 valence electrons. The molecule has 1 saturated heterocycles. The van der Waals surface area contributed by atoms with Crippen LogP contribution in [0.5, 0.6) is 0 Å². The van der Waals surface area contributed by atoms with E-state index in [9.17, 15) is 0 Å². The number of nitrogens with zero attached hydrogens (tertiary/aromatic N) is 1. The zero-order valence-corrected chi connectivity index (χ0v) is 13.1. The summed E-state index contributed by atoms with van der Waals surface area (Å²) in [6.07, 6.45) is 6.80. The van der Waals surface area contributed by atoms with Crippen LogP contribution in [0.15, 0.2) is 0 Å². The third kappa shape index (κ3) is 6.19. The summed E-state index contributed by atoms with van der Waals surface area (Å²) < 4.78 is 0. The normalized spacial score (nSPS) is 19.3. The molecule has 0 spiro atoms. The first-order valence-corrected chi connectivity index (χ1v) is 7.97. The average Bonchev–Trinajstić information content (AvgIpc) is 2.33. The van der Waals surface area contributed by atoms with Crippen molar-refractivity contribution in [3.63, 3.8) is 0 Å². The van der Waals surface area contributed by atoms with E-state index in [1.54, 1.807) is 0 Å². The van der Waals surface area contributed by atoms with Crippen molar-refractivity contribution in [2.45, 2.75) is 59.8 Å². The van der Waals surface area contributed by atoms with Crippen LogP contribution in [-0.4, -0.2) is 37.6 Å². The van der Waals surface area contributed by atoms with E-state index in [0.717, 1.165) is 5.92 Å². The predicted molar refractivity (Wildman–Crippen MR) is 81.0 cm³/mol. The Hall–Kier alpha value is -0.0800. The smallest absolute Gasteiger partial charge is 0.0107 e. The van der Waals surface area contributed by atoms with E-state index in [1.165, 1.54) is 64.8 Å². The zero-order chi connectivity index (χ0) is 13.4. The molecule has 1 aliphatic rings. The summed E-state index contributed by atoms with van der Waals surface area (Å²) >= 11 is 0. The molecule has 0 saturated carbocycles. The number of hydrogen-bond acceptors (Lipinski definition) is 2. The van der Waals surface area contributed by atoms with Gasteiger partial charge in [0.25, 0.3) is 0 Å². The van der Waals surface area contributed by atoms with Crippen LogP contribution in [0.25, 0.3) is 0 Å². The summed E-state index contributed by atoms with van der Waals surface area (Å²) in [6.45, 7) is 15.7. The molecule has 1 heterocycles. The van der Waals surface area contributed by atoms with Crippen LogP contribution in [0.1, 0.15) is 59.8 Å². The first kappa shape index (κ1) is 16.0. The minimum atomic E-state index is 0.504. The van der Waals surface area contributed by atoms with Crippen LogP contribution in [0.3, 0.4) is 0 Å². The van der Waals surface area contributed by atoms with Gasteiger partial charge in [-0.15, -0.1) is 0 Å². The topological polar surface area (TPSA) is 15.3 Å². The number of piperidine rings is 1. The molecule has 18 heavy (non-hydrogen) atoms. The SMILES string of the molecule is CCCCCNCCN1CCC(C(C)(C)C)CC1. The molecule has 2 heteroatoms. The third-order valence-electron chi connectivity index (χ3n) is 4.37. The first-order chi connectivity index (χ1) is 8.54. The Kier molecular flexibility index (Phi) is 7.25. The van der Waals surface area contributed by atoms with Crippen molar-refractivity contribution >= 4 is 0 Å². The van der Waals surface area contributed by atoms with Gasteiger partial charge in [0.15, 0.2) is 0 Å². The molecule has 0 amide bonds. The Morgan fingerprint density at radius 2 is 1.72 bits per heavy atom. The molecule has 2 nitrogen and oxygen atoms in total. The van der Waals surface area contributed by atoms with Crippen LogP contribution in [0.2, 0.25) is 0 Å². The number of likely N-dealkylation sites (tertiary alicyclic amines) is 1. The lowest BCUT2D eigenvalue weighted by Crippen LogP contribution is -2.41. The van der Waals surface area contributed by atoms with E-state index in [2.05, 4.69) is 37.9 Å². The summed E-state index contributed by atoms with van der Waals surface area (Å²) in [5.41, 5.74) is 0.504. The highest BCUT2D eigenvalue weighted by Crippen LogP contribution is 2.33. The predicted octanol–water partition coefficient (Wildman–Crippen LogP) is 3.52. The highest BCUT2D eigenvalue weighted by atomic mass is 15.1. The van der Waals surface area contributed by atoms with Crippen molar-refractivity contribution in [2.24, 2.45) is 11.3 Å². The van der Waals surface area contributed by atoms with Crippen molar-refractivity contribution in [2.75, 3.05) is 32.7 Å². The fourth-order valence-electron chi connectivity index (χ4n) is 2.88. The molecule has 0 aromatic rings. The Morgan fingerprint density at radius 3 is 2.28 bits per heavy atom. The minimum absolute atomic E-state index is 0.504. The van der Waals surface area contributed by atoms with Gasteiger partial charge in [-0.25, -0.2) is 0 Å². The van der Waals surface area contributed by atoms with E-state index < -0.39 is 0 Å². The molecule has 1 aliphatic heterocycles. The molecule has 0 radical (unpaired) electrons. The van der Waals surface area contributed by atoms with Crippen molar-refractivity contribution in [1.82, 2.24) is 10.2 Å². The average molecular weight is 254 g/mol. The van der Waals surface area contributed by atoms with Crippen LogP contribution in [0.4, 0.5) is 0 Å². The molecule has 1 fully saturated rings. The quantitative estimate of drug-likeness (QED) is 0.699. The molecule has 0 aromatic heterocycles. The molecule has 1 N–H and O–H groups in total. The van der Waals surface area contributed by atoms with Gasteiger partial charge in [0.1, 0.15) is 0 Å². The molecule has 0 aliphatic carbocycles. The van der Waals surface area contributed by atoms with Crippen molar-refractivity contribution < 1.29 is 0 Å². The van der Waals surface area contributed by atoms with Crippen molar-refractivity contribution in [3.05, 3.63) is 0 Å². The van der Waals surface area contributed by atoms with Gasteiger partial charge in [0.05, 0.1) is 0 Å². The Morgan fingerprint density at radius 1 is 1.06 bits per heavy atom. The van der Waals surface area contributed by atoms with Gasteiger partial charge in [-0.3, -0.25) is 0 Å². The van der Waals surface area contributed by atoms with Crippen LogP contribution in [-0.2, 0) is 0 Å². The van der Waals surface area contributed by atoms with Crippen molar-refractivity contribution in [3.8, 4) is 0 Å². The number of hydrogen-bond donors (Lipinski definition) is 1. The van der Waals surface area contributed by atoms with Crippen LogP contribution < -0.4 is 5.32 Å². The molecular weight excluding hydrogens is 220 g/mol. The number of nitrogens with one attached hydrogen (secondary N) is 1. The van der Waals surface area contributed by atoms with Gasteiger partial charge in [0.2, 0.25) is 0 Å². The second-order valence-corrected chi connectivity index (χ2v) is 6.94. The highest BCUT2D eigenvalue weighted by molar-refractivity contribution is 4.80. The lowest BCUT2D eigenvalue weighted by molar-refractivity contribution is 0.113. The van der Waals surface area contributed by atoms with Crippen LogP contribution in [0, 0.1) is 11.3 Å². The molecule has 0 unspecified atom stereocenters. The molecule has 1 rings (SSSR count). The maximum absolute atomic E-state index is 3.57. The van der Waals surface area contributed by atoms with Crippen molar-refractivity contribution in [1.29, 1.82) is 0 Å². The Labute approximate surface area is 115 Å². The molecular formula is C16H34N2. The highest BCUT2D eigenvalue weighted by Gasteiger charge is 2.28. The summed E-state index contributed by atoms with van der Waals surface area (Å²) in [7, 11) is 0.